The van der Waals surface area contributed by atoms with Crippen LogP contribution in [0.1, 0.15) is 18.9 Å². The minimum Gasteiger partial charge on any atom is -0.379 e. The molecule has 0 aliphatic rings. The molecule has 2 heterocycles. The van der Waals surface area contributed by atoms with Gasteiger partial charge < -0.3 is 24.1 Å². The van der Waals surface area contributed by atoms with Crippen LogP contribution in [0, 0.1) is 0 Å². The van der Waals surface area contributed by atoms with E-state index in [9.17, 15) is 14.2 Å². The molecule has 0 radical (unpaired) electrons. The summed E-state index contributed by atoms with van der Waals surface area (Å²) in [5, 5.41) is 0. The van der Waals surface area contributed by atoms with Crippen LogP contribution in [-0.4, -0.2) is 51.3 Å². The molecular formula is C20H25BrN5O6P. The fourth-order valence-corrected chi connectivity index (χ4v) is 4.63. The van der Waals surface area contributed by atoms with E-state index in [4.69, 9.17) is 19.5 Å². The normalized spacial score (nSPS) is 13.3. The van der Waals surface area contributed by atoms with Crippen molar-refractivity contribution in [2.24, 2.45) is 0 Å². The number of ketones is 1. The highest BCUT2D eigenvalue weighted by Gasteiger charge is 2.26. The van der Waals surface area contributed by atoms with Crippen LogP contribution in [0.15, 0.2) is 39.9 Å². The number of halogens is 1. The summed E-state index contributed by atoms with van der Waals surface area (Å²) in [6.07, 6.45) is 1.73. The lowest BCUT2D eigenvalue weighted by Gasteiger charge is -2.18. The fourth-order valence-electron chi connectivity index (χ4n) is 2.81. The molecule has 11 nitrogen and oxygen atoms in total. The Morgan fingerprint density at radius 3 is 2.88 bits per heavy atom. The number of carbonyl (C=O) groups is 1. The third kappa shape index (κ3) is 7.31. The molecule has 0 amide bonds. The van der Waals surface area contributed by atoms with Crippen molar-refractivity contribution in [1.82, 2.24) is 19.5 Å². The number of Topliss-reactive ketones (excluding diaryl/α,β-unsaturated/α-hetero) is 1. The second-order valence-electron chi connectivity index (χ2n) is 7.08. The van der Waals surface area contributed by atoms with E-state index in [1.165, 1.54) is 6.33 Å². The van der Waals surface area contributed by atoms with E-state index in [-0.39, 0.29) is 56.3 Å². The topological polar surface area (TPSA) is 151 Å². The Hall–Kier alpha value is -2.37. The van der Waals surface area contributed by atoms with Gasteiger partial charge in [-0.15, -0.1) is 0 Å². The quantitative estimate of drug-likeness (QED) is 0.245. The van der Waals surface area contributed by atoms with Crippen LogP contribution in [0.2, 0.25) is 0 Å². The number of nitrogens with two attached hydrogens (primary N) is 1. The number of H-pyrrole nitrogens is 1. The molecule has 2 aromatic heterocycles. The average Bonchev–Trinajstić information content (AvgIpc) is 3.19. The van der Waals surface area contributed by atoms with Crippen molar-refractivity contribution in [1.29, 1.82) is 0 Å². The fraction of sp³-hybridized carbons (Fsp3) is 0.400. The smallest absolute Gasteiger partial charge is 0.333 e. The lowest BCUT2D eigenvalue weighted by molar-refractivity contribution is -0.121. The van der Waals surface area contributed by atoms with Gasteiger partial charge in [-0.3, -0.25) is 19.1 Å². The highest BCUT2D eigenvalue weighted by atomic mass is 79.9. The number of imidazole rings is 1. The summed E-state index contributed by atoms with van der Waals surface area (Å²) < 4.78 is 32.3. The van der Waals surface area contributed by atoms with E-state index >= 15 is 0 Å². The maximum atomic E-state index is 13.2. The van der Waals surface area contributed by atoms with Crippen LogP contribution in [0.25, 0.3) is 11.2 Å². The van der Waals surface area contributed by atoms with Gasteiger partial charge in [0.2, 0.25) is 5.95 Å². The van der Waals surface area contributed by atoms with Crippen molar-refractivity contribution >= 4 is 46.4 Å². The molecule has 0 aliphatic heterocycles. The van der Waals surface area contributed by atoms with Crippen molar-refractivity contribution in [2.45, 2.75) is 26.5 Å². The molecule has 1 atom stereocenters. The van der Waals surface area contributed by atoms with Gasteiger partial charge in [-0.1, -0.05) is 35.0 Å². The number of hydrogen-bond acceptors (Lipinski definition) is 9. The molecule has 0 aliphatic carbocycles. The van der Waals surface area contributed by atoms with Crippen LogP contribution in [0.4, 0.5) is 5.95 Å². The van der Waals surface area contributed by atoms with Gasteiger partial charge in [0.15, 0.2) is 16.9 Å². The van der Waals surface area contributed by atoms with E-state index in [1.54, 1.807) is 11.5 Å². The molecule has 0 fully saturated rings. The molecule has 3 rings (SSSR count). The number of aromatic amines is 1. The maximum Gasteiger partial charge on any atom is 0.333 e. The first-order valence-corrected chi connectivity index (χ1v) is 12.7. The molecular weight excluding hydrogens is 517 g/mol. The zero-order valence-electron chi connectivity index (χ0n) is 18.0. The number of nitrogens with zero attached hydrogens (tertiary/aromatic N) is 3. The summed E-state index contributed by atoms with van der Waals surface area (Å²) in [5.74, 6) is -0.173. The van der Waals surface area contributed by atoms with Crippen LogP contribution in [-0.2, 0) is 36.3 Å². The Balaban J connectivity index is 1.54. The maximum absolute atomic E-state index is 13.2. The molecule has 0 saturated heterocycles. The van der Waals surface area contributed by atoms with Gasteiger partial charge in [-0.25, -0.2) is 4.98 Å². The Bertz CT molecular complexity index is 1210. The van der Waals surface area contributed by atoms with Crippen LogP contribution in [0.5, 0.6) is 0 Å². The summed E-state index contributed by atoms with van der Waals surface area (Å²) in [6.45, 7) is 2.16. The number of anilines is 1. The van der Waals surface area contributed by atoms with E-state index < -0.39 is 13.2 Å². The van der Waals surface area contributed by atoms with Gasteiger partial charge in [0.1, 0.15) is 6.61 Å². The summed E-state index contributed by atoms with van der Waals surface area (Å²) in [4.78, 5) is 34.0. The molecule has 1 aromatic carbocycles. The highest BCUT2D eigenvalue weighted by Crippen LogP contribution is 2.48. The summed E-state index contributed by atoms with van der Waals surface area (Å²) in [7, 11) is -3.57. The molecule has 33 heavy (non-hydrogen) atoms. The standard InChI is InChI=1S/C20H25BrN5O6P/c1-2-16(27)12-32-33(29,31-11-14-4-3-5-15(21)10-14)9-8-30-7-6-26-13-23-17-18(26)24-20(22)25-19(17)28/h3-5,10,13H,2,6-9,11-12H2,1H3,(H3,22,24,25,28). The van der Waals surface area contributed by atoms with Crippen molar-refractivity contribution in [2.75, 3.05) is 31.7 Å². The van der Waals surface area contributed by atoms with Gasteiger partial charge in [0, 0.05) is 17.4 Å². The number of nitrogens with one attached hydrogen (secondary N) is 1. The molecule has 0 saturated carbocycles. The number of ether oxygens (including phenoxy) is 1. The lowest BCUT2D eigenvalue weighted by Crippen LogP contribution is -2.14. The molecule has 178 valence electrons. The Kier molecular flexibility index (Phi) is 8.93. The largest absolute Gasteiger partial charge is 0.379 e. The Labute approximate surface area is 198 Å². The number of nitrogen functional groups attached to an aromatic ring is 1. The van der Waals surface area contributed by atoms with Crippen LogP contribution < -0.4 is 11.3 Å². The number of fused-ring (bicyclic) bond motifs is 1. The number of benzene rings is 1. The summed E-state index contributed by atoms with van der Waals surface area (Å²) >= 11 is 3.38. The Morgan fingerprint density at radius 1 is 1.30 bits per heavy atom. The number of rotatable bonds is 13. The second-order valence-corrected chi connectivity index (χ2v) is 10.2. The van der Waals surface area contributed by atoms with Gasteiger partial charge in [-0.05, 0) is 17.7 Å². The van der Waals surface area contributed by atoms with Crippen molar-refractivity contribution in [3.63, 3.8) is 0 Å². The molecule has 3 N–H and O–H groups in total. The predicted octanol–water partition coefficient (Wildman–Crippen LogP) is 2.89. The monoisotopic (exact) mass is 541 g/mol. The van der Waals surface area contributed by atoms with Gasteiger partial charge in [-0.2, -0.15) is 4.98 Å². The lowest BCUT2D eigenvalue weighted by atomic mass is 10.2. The van der Waals surface area contributed by atoms with Gasteiger partial charge in [0.25, 0.3) is 5.56 Å². The van der Waals surface area contributed by atoms with Crippen LogP contribution in [0.3, 0.4) is 0 Å². The minimum absolute atomic E-state index is 0.00234. The molecule has 1 unspecified atom stereocenters. The first kappa shape index (κ1) is 25.3. The van der Waals surface area contributed by atoms with Crippen molar-refractivity contribution < 1.29 is 23.1 Å². The van der Waals surface area contributed by atoms with E-state index in [1.807, 2.05) is 24.3 Å². The third-order valence-electron chi connectivity index (χ3n) is 4.61. The van der Waals surface area contributed by atoms with Gasteiger partial charge >= 0.3 is 7.60 Å². The van der Waals surface area contributed by atoms with E-state index in [0.29, 0.717) is 12.2 Å². The highest BCUT2D eigenvalue weighted by molar-refractivity contribution is 9.10. The van der Waals surface area contributed by atoms with Crippen LogP contribution >= 0.6 is 23.5 Å². The second kappa shape index (κ2) is 11.7. The molecule has 3 aromatic rings. The van der Waals surface area contributed by atoms with Crippen molar-refractivity contribution in [3.05, 3.63) is 51.0 Å². The summed E-state index contributed by atoms with van der Waals surface area (Å²) in [6, 6.07) is 7.40. The Morgan fingerprint density at radius 2 is 2.12 bits per heavy atom. The minimum atomic E-state index is -3.57. The van der Waals surface area contributed by atoms with E-state index in [2.05, 4.69) is 30.9 Å². The molecule has 0 bridgehead atoms. The third-order valence-corrected chi connectivity index (χ3v) is 6.88. The first-order valence-electron chi connectivity index (χ1n) is 10.2. The zero-order chi connectivity index (χ0) is 23.8. The van der Waals surface area contributed by atoms with E-state index in [0.717, 1.165) is 10.0 Å². The molecule has 0 spiro atoms. The van der Waals surface area contributed by atoms with Crippen molar-refractivity contribution in [3.8, 4) is 0 Å². The predicted molar refractivity (Wildman–Crippen MR) is 126 cm³/mol. The number of aromatic nitrogens is 4. The van der Waals surface area contributed by atoms with Gasteiger partial charge in [0.05, 0.1) is 32.3 Å². The SMILES string of the molecule is CCC(=O)COP(=O)(CCOCCn1cnc2c(=O)[nH]c(N)nc21)OCc1cccc(Br)c1. The first-order chi connectivity index (χ1) is 15.8. The zero-order valence-corrected chi connectivity index (χ0v) is 20.5. The average molecular weight is 542 g/mol. The molecule has 13 heteroatoms. The number of carbonyl (C=O) groups excluding carboxylic acids is 1. The summed E-state index contributed by atoms with van der Waals surface area (Å²) in [5.41, 5.74) is 6.52. The number of hydrogen-bond donors (Lipinski definition) is 2.